The summed E-state index contributed by atoms with van der Waals surface area (Å²) in [7, 11) is -17.8. The van der Waals surface area contributed by atoms with Gasteiger partial charge in [-0.2, -0.15) is 0 Å². The number of hydrogen-bond acceptors (Lipinski definition) is 11. The second-order valence-corrected chi connectivity index (χ2v) is 53.9. The number of aliphatic hydroxyl groups excluding tert-OH is 2. The van der Waals surface area contributed by atoms with Crippen LogP contribution in [-0.4, -0.2) is 122 Å². The Kier molecular flexibility index (Phi) is 22.3. The minimum atomic E-state index is -2.97. The van der Waals surface area contributed by atoms with Crippen molar-refractivity contribution in [2.24, 2.45) is 5.73 Å². The lowest BCUT2D eigenvalue weighted by Crippen LogP contribution is -2.60. The van der Waals surface area contributed by atoms with Crippen molar-refractivity contribution >= 4 is 73.4 Å². The van der Waals surface area contributed by atoms with E-state index < -0.39 is 85.6 Å². The third kappa shape index (κ3) is 30.3. The number of carbonyl (C=O) groups is 1. The van der Waals surface area contributed by atoms with Gasteiger partial charge in [0.15, 0.2) is 49.9 Å². The molecule has 0 spiro atoms. The van der Waals surface area contributed by atoms with Crippen molar-refractivity contribution in [1.82, 2.24) is 0 Å². The number of aliphatic hydroxyl groups is 2. The maximum absolute atomic E-state index is 11.8. The third-order valence-corrected chi connectivity index (χ3v) is 30.4. The van der Waals surface area contributed by atoms with Crippen molar-refractivity contribution in [1.29, 1.82) is 0 Å². The molecule has 0 radical (unpaired) electrons. The van der Waals surface area contributed by atoms with E-state index in [0.29, 0.717) is 43.7 Å². The van der Waals surface area contributed by atoms with E-state index in [1.807, 2.05) is 0 Å². The zero-order chi connectivity index (χ0) is 41.7. The van der Waals surface area contributed by atoms with Gasteiger partial charge >= 0.3 is 17.6 Å². The molecule has 316 valence electrons. The number of ether oxygens (including phenoxy) is 2. The Morgan fingerprint density at radius 3 is 0.962 bits per heavy atom. The van der Waals surface area contributed by atoms with Crippen LogP contribution in [0.5, 0.6) is 0 Å². The maximum atomic E-state index is 11.8. The molecule has 0 bridgehead atoms. The Balaban J connectivity index is 5.26. The minimum Gasteiger partial charge on any atom is -0.417 e. The van der Waals surface area contributed by atoms with E-state index in [1.54, 1.807) is 0 Å². The summed E-state index contributed by atoms with van der Waals surface area (Å²) in [5.74, 6) is -0.636. The summed E-state index contributed by atoms with van der Waals surface area (Å²) in [6.45, 7) is 39.9. The zero-order valence-corrected chi connectivity index (χ0v) is 44.9. The van der Waals surface area contributed by atoms with E-state index in [0.717, 1.165) is 0 Å². The first-order valence-electron chi connectivity index (χ1n) is 19.2. The summed E-state index contributed by atoms with van der Waals surface area (Å²) < 4.78 is 52.2. The van der Waals surface area contributed by atoms with Gasteiger partial charge in [-0.05, 0) is 144 Å². The summed E-state index contributed by atoms with van der Waals surface area (Å²) >= 11 is 0. The summed E-state index contributed by atoms with van der Waals surface area (Å²) in [5, 5.41) is 21.6. The number of amides is 1. The van der Waals surface area contributed by atoms with Gasteiger partial charge in [0.25, 0.3) is 0 Å². The Morgan fingerprint density at radius 1 is 0.509 bits per heavy atom. The molecule has 2 unspecified atom stereocenters. The highest BCUT2D eigenvalue weighted by Crippen LogP contribution is 2.31. The van der Waals surface area contributed by atoms with Gasteiger partial charge in [0, 0.05) is 31.4 Å². The monoisotopic (exact) mass is 891 g/mol. The van der Waals surface area contributed by atoms with Crippen LogP contribution in [0.1, 0.15) is 25.7 Å². The number of rotatable bonds is 29. The summed E-state index contributed by atoms with van der Waals surface area (Å²) in [6.07, 6.45) is 1.12. The average molecular weight is 893 g/mol. The zero-order valence-electron chi connectivity index (χ0n) is 36.9. The van der Waals surface area contributed by atoms with E-state index >= 15 is 0 Å². The molecule has 2 atom stereocenters. The first-order valence-corrected chi connectivity index (χ1v) is 43.6. The van der Waals surface area contributed by atoms with Gasteiger partial charge in [0.1, 0.15) is 0 Å². The van der Waals surface area contributed by atoms with Crippen molar-refractivity contribution in [2.75, 3.05) is 26.4 Å². The predicted octanol–water partition coefficient (Wildman–Crippen LogP) is 7.70. The maximum Gasteiger partial charge on any atom is 0.469 e. The fraction of sp³-hybridized carbons (Fsp3) is 0.909. The standard InChI is InChI=1S/C33H81NO11Si8/c1-46(2,3)40-52(41-47(4,5)6,42-48(7,8)9)23-19-21-38-28-31(35)25-30(27-33(34)37)26-32(36)29-39-22-20-24-53(43-49(10,11)12,44-50(13,14)15)45-51(16,17)18/h27,31-32,35-36H,19-26,28-29H2,1-18H3,(H2,34,37). The number of nitrogens with two attached hydrogens (primary N) is 1. The molecular weight excluding hydrogens is 811 g/mol. The van der Waals surface area contributed by atoms with Gasteiger partial charge in [-0.1, -0.05) is 5.57 Å². The number of hydrogen-bond donors (Lipinski definition) is 3. The fourth-order valence-corrected chi connectivity index (χ4v) is 34.8. The normalized spacial score (nSPS) is 15.4. The van der Waals surface area contributed by atoms with Gasteiger partial charge < -0.3 is 50.1 Å². The lowest BCUT2D eigenvalue weighted by molar-refractivity contribution is -0.113. The Hall–Kier alpha value is 0.545. The second kappa shape index (κ2) is 22.1. The average Bonchev–Trinajstić information content (AvgIpc) is 2.81. The van der Waals surface area contributed by atoms with Crippen LogP contribution in [0.4, 0.5) is 0 Å². The number of primary amides is 1. The summed E-state index contributed by atoms with van der Waals surface area (Å²) in [5.41, 5.74) is 6.02. The van der Waals surface area contributed by atoms with Crippen molar-refractivity contribution in [3.05, 3.63) is 11.6 Å². The predicted molar refractivity (Wildman–Crippen MR) is 237 cm³/mol. The van der Waals surface area contributed by atoms with E-state index in [2.05, 4.69) is 118 Å². The van der Waals surface area contributed by atoms with Crippen molar-refractivity contribution in [3.63, 3.8) is 0 Å². The highest BCUT2D eigenvalue weighted by molar-refractivity contribution is 6.91. The molecule has 0 aromatic carbocycles. The molecule has 0 aliphatic heterocycles. The molecule has 20 heteroatoms. The van der Waals surface area contributed by atoms with Gasteiger partial charge in [0.05, 0.1) is 25.4 Å². The molecule has 0 aliphatic rings. The van der Waals surface area contributed by atoms with E-state index in [1.165, 1.54) is 6.08 Å². The van der Waals surface area contributed by atoms with E-state index in [-0.39, 0.29) is 26.1 Å². The van der Waals surface area contributed by atoms with Crippen molar-refractivity contribution in [3.8, 4) is 0 Å². The molecule has 12 nitrogen and oxygen atoms in total. The van der Waals surface area contributed by atoms with Crippen LogP contribution in [0.2, 0.25) is 130 Å². The van der Waals surface area contributed by atoms with Crippen LogP contribution in [0.25, 0.3) is 0 Å². The third-order valence-electron chi connectivity index (χ3n) is 6.28. The molecule has 0 aliphatic carbocycles. The molecule has 0 saturated carbocycles. The SMILES string of the molecule is C[Si](C)(C)O[Si](CCCOCC(O)CC(=CC(N)=O)CC(O)COCCC[Si](O[Si](C)(C)C)(O[Si](C)(C)C)O[Si](C)(C)C)(O[Si](C)(C)C)O[Si](C)(C)C. The van der Waals surface area contributed by atoms with Crippen LogP contribution >= 0.6 is 0 Å². The first kappa shape index (κ1) is 53.5. The van der Waals surface area contributed by atoms with Crippen molar-refractivity contribution < 1.29 is 49.2 Å². The lowest BCUT2D eigenvalue weighted by atomic mass is 10.0. The Morgan fingerprint density at radius 2 is 0.755 bits per heavy atom. The smallest absolute Gasteiger partial charge is 0.417 e. The van der Waals surface area contributed by atoms with E-state index in [4.69, 9.17) is 39.9 Å². The molecule has 53 heavy (non-hydrogen) atoms. The fourth-order valence-electron chi connectivity index (χ4n) is 5.58. The molecule has 0 aromatic rings. The summed E-state index contributed by atoms with van der Waals surface area (Å²) in [6, 6.07) is 1.29. The van der Waals surface area contributed by atoms with Crippen LogP contribution in [0.3, 0.4) is 0 Å². The first-order chi connectivity index (χ1) is 23.5. The Labute approximate surface area is 332 Å². The van der Waals surface area contributed by atoms with Crippen LogP contribution < -0.4 is 5.73 Å². The summed E-state index contributed by atoms with van der Waals surface area (Å²) in [4.78, 5) is 11.8. The van der Waals surface area contributed by atoms with Crippen LogP contribution in [0, 0.1) is 0 Å². The molecule has 0 heterocycles. The molecule has 0 aromatic heterocycles. The van der Waals surface area contributed by atoms with Crippen molar-refractivity contribution in [2.45, 2.75) is 168 Å². The van der Waals surface area contributed by atoms with Gasteiger partial charge in [-0.3, -0.25) is 4.79 Å². The Bertz CT molecular complexity index is 952. The highest BCUT2D eigenvalue weighted by atomic mass is 28.5. The van der Waals surface area contributed by atoms with Gasteiger partial charge in [-0.15, -0.1) is 0 Å². The largest absolute Gasteiger partial charge is 0.469 e. The molecule has 1 amide bonds. The van der Waals surface area contributed by atoms with Gasteiger partial charge in [0.2, 0.25) is 5.91 Å². The molecule has 4 N–H and O–H groups in total. The lowest BCUT2D eigenvalue weighted by Gasteiger charge is -2.43. The molecule has 0 saturated heterocycles. The second-order valence-electron chi connectivity index (χ2n) is 19.9. The highest BCUT2D eigenvalue weighted by Gasteiger charge is 2.50. The number of carbonyl (C=O) groups excluding carboxylic acids is 1. The molecular formula is C33H81NO11Si8. The molecule has 0 fully saturated rings. The minimum absolute atomic E-state index is 0.0695. The quantitative estimate of drug-likeness (QED) is 0.0384. The molecule has 0 rings (SSSR count). The van der Waals surface area contributed by atoms with Gasteiger partial charge in [-0.25, -0.2) is 0 Å². The topological polar surface area (TPSA) is 157 Å². The van der Waals surface area contributed by atoms with Crippen LogP contribution in [0.15, 0.2) is 11.6 Å². The van der Waals surface area contributed by atoms with E-state index in [9.17, 15) is 15.0 Å². The van der Waals surface area contributed by atoms with Crippen LogP contribution in [-0.2, 0) is 39.0 Å².